The van der Waals surface area contributed by atoms with E-state index in [2.05, 4.69) is 6.92 Å². The van der Waals surface area contributed by atoms with E-state index in [0.29, 0.717) is 23.5 Å². The van der Waals surface area contributed by atoms with Crippen LogP contribution in [0, 0.1) is 23.1 Å². The van der Waals surface area contributed by atoms with Gasteiger partial charge in [-0.15, -0.1) is 0 Å². The van der Waals surface area contributed by atoms with Gasteiger partial charge in [0, 0.05) is 11.8 Å². The summed E-state index contributed by atoms with van der Waals surface area (Å²) in [6, 6.07) is 5.33. The zero-order chi connectivity index (χ0) is 13.9. The fourth-order valence-electron chi connectivity index (χ4n) is 5.32. The molecule has 1 nitrogen and oxygen atoms in total. The van der Waals surface area contributed by atoms with Crippen molar-refractivity contribution in [2.24, 2.45) is 17.3 Å². The smallest absolute Gasteiger partial charge is 0.139 e. The molecule has 0 bridgehead atoms. The Morgan fingerprint density at radius 2 is 2.05 bits per heavy atom. The number of rotatable bonds is 0. The fraction of sp³-hybridized carbons (Fsp3) is 0.611. The van der Waals surface area contributed by atoms with E-state index in [0.717, 1.165) is 38.5 Å². The van der Waals surface area contributed by atoms with E-state index in [-0.39, 0.29) is 11.2 Å². The van der Waals surface area contributed by atoms with E-state index in [1.807, 2.05) is 6.07 Å². The number of halogens is 1. The van der Waals surface area contributed by atoms with Gasteiger partial charge in [-0.25, -0.2) is 4.39 Å². The van der Waals surface area contributed by atoms with Gasteiger partial charge in [0.05, 0.1) is 0 Å². The summed E-state index contributed by atoms with van der Waals surface area (Å²) in [5.74, 6) is 2.14. The van der Waals surface area contributed by atoms with E-state index in [9.17, 15) is 9.18 Å². The van der Waals surface area contributed by atoms with Crippen LogP contribution in [0.2, 0.25) is 0 Å². The summed E-state index contributed by atoms with van der Waals surface area (Å²) in [4.78, 5) is 12.2. The molecule has 0 aromatic heterocycles. The number of aryl methyl sites for hydroxylation is 1. The number of ketones is 1. The van der Waals surface area contributed by atoms with Crippen molar-refractivity contribution in [1.29, 1.82) is 0 Å². The summed E-state index contributed by atoms with van der Waals surface area (Å²) >= 11 is 0. The van der Waals surface area contributed by atoms with Gasteiger partial charge in [0.15, 0.2) is 0 Å². The quantitative estimate of drug-likeness (QED) is 0.690. The van der Waals surface area contributed by atoms with E-state index < -0.39 is 0 Å². The Balaban J connectivity index is 1.73. The lowest BCUT2D eigenvalue weighted by atomic mass is 9.55. The molecule has 2 saturated carbocycles. The molecule has 1 aromatic carbocycles. The first-order valence-electron chi connectivity index (χ1n) is 7.91. The first-order chi connectivity index (χ1) is 9.59. The molecule has 20 heavy (non-hydrogen) atoms. The molecule has 1 unspecified atom stereocenters. The average Bonchev–Trinajstić information content (AvgIpc) is 2.74. The first kappa shape index (κ1) is 12.6. The molecule has 3 aliphatic rings. The van der Waals surface area contributed by atoms with Crippen molar-refractivity contribution >= 4 is 5.78 Å². The second kappa shape index (κ2) is 4.16. The number of carbonyl (C=O) groups is 1. The van der Waals surface area contributed by atoms with Gasteiger partial charge in [0.25, 0.3) is 0 Å². The monoisotopic (exact) mass is 272 g/mol. The third-order valence-electron chi connectivity index (χ3n) is 6.40. The van der Waals surface area contributed by atoms with Crippen molar-refractivity contribution in [2.75, 3.05) is 0 Å². The Morgan fingerprint density at radius 3 is 2.90 bits per heavy atom. The highest BCUT2D eigenvalue weighted by Gasteiger charge is 2.54. The SMILES string of the molecule is C[C@]12CC[C@@H]3c4ccc(F)cc4CCC3[C@@H]1CCC2=O. The van der Waals surface area contributed by atoms with Gasteiger partial charge in [-0.3, -0.25) is 4.79 Å². The predicted octanol–water partition coefficient (Wildman–Crippen LogP) is 4.25. The maximum atomic E-state index is 13.4. The van der Waals surface area contributed by atoms with Crippen molar-refractivity contribution in [3.8, 4) is 0 Å². The third-order valence-corrected chi connectivity index (χ3v) is 6.40. The van der Waals surface area contributed by atoms with Crippen LogP contribution < -0.4 is 0 Å². The number of carbonyl (C=O) groups excluding carboxylic acids is 1. The van der Waals surface area contributed by atoms with E-state index >= 15 is 0 Å². The van der Waals surface area contributed by atoms with Gasteiger partial charge in [-0.1, -0.05) is 13.0 Å². The van der Waals surface area contributed by atoms with Gasteiger partial charge in [-0.2, -0.15) is 0 Å². The average molecular weight is 272 g/mol. The van der Waals surface area contributed by atoms with E-state index in [4.69, 9.17) is 0 Å². The van der Waals surface area contributed by atoms with Gasteiger partial charge in [0.2, 0.25) is 0 Å². The molecule has 4 rings (SSSR count). The van der Waals surface area contributed by atoms with Crippen LogP contribution in [0.15, 0.2) is 18.2 Å². The van der Waals surface area contributed by atoms with Crippen LogP contribution in [0.3, 0.4) is 0 Å². The molecule has 1 aromatic rings. The minimum Gasteiger partial charge on any atom is -0.299 e. The van der Waals surface area contributed by atoms with Crippen LogP contribution in [0.25, 0.3) is 0 Å². The lowest BCUT2D eigenvalue weighted by Gasteiger charge is -2.48. The fourth-order valence-corrected chi connectivity index (χ4v) is 5.32. The molecule has 2 heteroatoms. The largest absolute Gasteiger partial charge is 0.299 e. The molecule has 0 aliphatic heterocycles. The lowest BCUT2D eigenvalue weighted by Crippen LogP contribution is -2.42. The Bertz CT molecular complexity index is 579. The molecule has 106 valence electrons. The highest BCUT2D eigenvalue weighted by molar-refractivity contribution is 5.87. The lowest BCUT2D eigenvalue weighted by molar-refractivity contribution is -0.129. The summed E-state index contributed by atoms with van der Waals surface area (Å²) in [6.07, 6.45) is 6.09. The van der Waals surface area contributed by atoms with Gasteiger partial charge in [-0.05, 0) is 73.1 Å². The molecule has 3 aliphatic carbocycles. The minimum absolute atomic E-state index is 0.0568. The highest BCUT2D eigenvalue weighted by Crippen LogP contribution is 2.59. The van der Waals surface area contributed by atoms with Crippen LogP contribution in [0.5, 0.6) is 0 Å². The van der Waals surface area contributed by atoms with Crippen LogP contribution >= 0.6 is 0 Å². The molecule has 2 fully saturated rings. The number of fused-ring (bicyclic) bond motifs is 5. The van der Waals surface area contributed by atoms with Crippen LogP contribution in [0.4, 0.5) is 4.39 Å². The molecule has 0 amide bonds. The summed E-state index contributed by atoms with van der Waals surface area (Å²) in [5, 5.41) is 0. The molecule has 4 atom stereocenters. The number of hydrogen-bond acceptors (Lipinski definition) is 1. The summed E-state index contributed by atoms with van der Waals surface area (Å²) < 4.78 is 13.4. The molecular formula is C18H21FO. The molecular weight excluding hydrogens is 251 g/mol. The summed E-state index contributed by atoms with van der Waals surface area (Å²) in [5.41, 5.74) is 2.52. The number of benzene rings is 1. The van der Waals surface area contributed by atoms with Gasteiger partial charge >= 0.3 is 0 Å². The molecule has 0 spiro atoms. The predicted molar refractivity (Wildman–Crippen MR) is 76.0 cm³/mol. The van der Waals surface area contributed by atoms with Crippen LogP contribution in [0.1, 0.15) is 56.1 Å². The van der Waals surface area contributed by atoms with Gasteiger partial charge in [0.1, 0.15) is 11.6 Å². The second-order valence-electron chi connectivity index (χ2n) is 7.18. The normalized spacial score (nSPS) is 39.1. The molecule has 0 N–H and O–H groups in total. The Hall–Kier alpha value is -1.18. The van der Waals surface area contributed by atoms with Crippen molar-refractivity contribution in [3.05, 3.63) is 35.1 Å². The zero-order valence-electron chi connectivity index (χ0n) is 12.0. The highest BCUT2D eigenvalue weighted by atomic mass is 19.1. The van der Waals surface area contributed by atoms with E-state index in [1.54, 1.807) is 12.1 Å². The molecule has 0 heterocycles. The topological polar surface area (TPSA) is 17.1 Å². The number of Topliss-reactive ketones (excluding diaryl/α,β-unsaturated/α-hetero) is 1. The van der Waals surface area contributed by atoms with Crippen molar-refractivity contribution in [3.63, 3.8) is 0 Å². The number of hydrogen-bond donors (Lipinski definition) is 0. The standard InChI is InChI=1S/C18H21FO/c1-18-9-8-14-13-5-3-12(19)10-11(13)2-4-15(14)16(18)6-7-17(18)20/h3,5,10,14-16H,2,4,6-9H2,1H3/t14-,15?,16+,18+/m1/s1. The Labute approximate surface area is 119 Å². The second-order valence-corrected chi connectivity index (χ2v) is 7.18. The third kappa shape index (κ3) is 1.57. The van der Waals surface area contributed by atoms with Crippen molar-refractivity contribution in [1.82, 2.24) is 0 Å². The van der Waals surface area contributed by atoms with Crippen molar-refractivity contribution in [2.45, 2.75) is 51.4 Å². The first-order valence-corrected chi connectivity index (χ1v) is 7.91. The molecule has 0 saturated heterocycles. The summed E-state index contributed by atoms with van der Waals surface area (Å²) in [6.45, 7) is 2.20. The van der Waals surface area contributed by atoms with Crippen molar-refractivity contribution < 1.29 is 9.18 Å². The minimum atomic E-state index is -0.112. The van der Waals surface area contributed by atoms with E-state index in [1.165, 1.54) is 11.1 Å². The van der Waals surface area contributed by atoms with Gasteiger partial charge < -0.3 is 0 Å². The Morgan fingerprint density at radius 1 is 1.20 bits per heavy atom. The zero-order valence-corrected chi connectivity index (χ0v) is 12.0. The van der Waals surface area contributed by atoms with Crippen LogP contribution in [-0.4, -0.2) is 5.78 Å². The molecule has 0 radical (unpaired) electrons. The van der Waals surface area contributed by atoms with Crippen LogP contribution in [-0.2, 0) is 11.2 Å². The maximum absolute atomic E-state index is 13.4. The summed E-state index contributed by atoms with van der Waals surface area (Å²) in [7, 11) is 0. The Kier molecular flexibility index (Phi) is 2.61. The maximum Gasteiger partial charge on any atom is 0.139 e.